The summed E-state index contributed by atoms with van der Waals surface area (Å²) in [5.41, 5.74) is -0.378. The number of carbonyl (C=O) groups excluding carboxylic acids is 1. The summed E-state index contributed by atoms with van der Waals surface area (Å²) in [5.74, 6) is 0.0919. The number of methoxy groups -OCH3 is 1. The van der Waals surface area contributed by atoms with Crippen LogP contribution >= 0.6 is 27.3 Å². The van der Waals surface area contributed by atoms with E-state index in [1.54, 1.807) is 0 Å². The molecule has 7 heteroatoms. The first kappa shape index (κ1) is 15.7. The zero-order valence-corrected chi connectivity index (χ0v) is 14.3. The Morgan fingerprint density at radius 2 is 2.27 bits per heavy atom. The van der Waals surface area contributed by atoms with Crippen molar-refractivity contribution in [3.05, 3.63) is 27.5 Å². The Hall–Kier alpha value is -1.15. The first-order chi connectivity index (χ1) is 10.6. The van der Waals surface area contributed by atoms with Gasteiger partial charge in [-0.15, -0.1) is 11.3 Å². The number of hydrogen-bond acceptors (Lipinski definition) is 6. The Balaban J connectivity index is 1.96. The number of fused-ring (bicyclic) bond motifs is 1. The summed E-state index contributed by atoms with van der Waals surface area (Å²) in [6, 6.07) is 5.74. The van der Waals surface area contributed by atoms with Crippen LogP contribution in [0.2, 0.25) is 0 Å². The maximum Gasteiger partial charge on any atom is 0.351 e. The van der Waals surface area contributed by atoms with Gasteiger partial charge in [-0.05, 0) is 18.2 Å². The third-order valence-electron chi connectivity index (χ3n) is 3.65. The molecule has 0 saturated carbocycles. The minimum atomic E-state index is -0.421. The minimum absolute atomic E-state index is 0.00578. The summed E-state index contributed by atoms with van der Waals surface area (Å²) in [4.78, 5) is 12.4. The zero-order chi connectivity index (χ0) is 15.7. The van der Waals surface area contributed by atoms with Crippen LogP contribution in [0.15, 0.2) is 22.7 Å². The molecule has 22 heavy (non-hydrogen) atoms. The molecule has 0 atom stereocenters. The fraction of sp³-hybridized carbons (Fsp3) is 0.400. The van der Waals surface area contributed by atoms with Gasteiger partial charge >= 0.3 is 5.97 Å². The van der Waals surface area contributed by atoms with Crippen molar-refractivity contribution in [3.8, 4) is 5.75 Å². The van der Waals surface area contributed by atoms with Gasteiger partial charge in [-0.3, -0.25) is 0 Å². The van der Waals surface area contributed by atoms with Gasteiger partial charge < -0.3 is 19.3 Å². The number of thiophene rings is 1. The molecule has 1 aromatic carbocycles. The van der Waals surface area contributed by atoms with Crippen molar-refractivity contribution in [1.82, 2.24) is 0 Å². The fourth-order valence-corrected chi connectivity index (χ4v) is 3.87. The number of aliphatic hydroxyl groups is 1. The standard InChI is InChI=1S/C15H15BrO5S/c1-19-14(18)13-12(21-8-15(5-17)6-20-7-15)10-3-2-9(16)4-11(10)22-13/h2-4,17H,5-8H2,1H3. The molecule has 0 radical (unpaired) electrons. The number of ether oxygens (including phenoxy) is 3. The van der Waals surface area contributed by atoms with Crippen LogP contribution in [0.4, 0.5) is 0 Å². The number of esters is 1. The van der Waals surface area contributed by atoms with E-state index in [1.807, 2.05) is 18.2 Å². The van der Waals surface area contributed by atoms with Crippen molar-refractivity contribution in [2.75, 3.05) is 33.5 Å². The van der Waals surface area contributed by atoms with Crippen molar-refractivity contribution in [1.29, 1.82) is 0 Å². The number of rotatable bonds is 5. The van der Waals surface area contributed by atoms with E-state index in [0.29, 0.717) is 30.4 Å². The van der Waals surface area contributed by atoms with E-state index in [1.165, 1.54) is 18.4 Å². The Bertz CT molecular complexity index is 702. The molecule has 1 N–H and O–H groups in total. The highest BCUT2D eigenvalue weighted by Crippen LogP contribution is 2.40. The van der Waals surface area contributed by atoms with Crippen molar-refractivity contribution in [2.24, 2.45) is 5.41 Å². The molecule has 0 bridgehead atoms. The molecular weight excluding hydrogens is 372 g/mol. The predicted octanol–water partition coefficient (Wildman–Crippen LogP) is 2.84. The molecule has 118 valence electrons. The van der Waals surface area contributed by atoms with Gasteiger partial charge in [0.25, 0.3) is 0 Å². The monoisotopic (exact) mass is 386 g/mol. The van der Waals surface area contributed by atoms with Crippen LogP contribution in [0.25, 0.3) is 10.1 Å². The smallest absolute Gasteiger partial charge is 0.351 e. The summed E-state index contributed by atoms with van der Waals surface area (Å²) in [6.07, 6.45) is 0. The highest BCUT2D eigenvalue weighted by molar-refractivity contribution is 9.10. The molecule has 0 unspecified atom stereocenters. The molecule has 1 aromatic heterocycles. The van der Waals surface area contributed by atoms with E-state index in [4.69, 9.17) is 14.2 Å². The van der Waals surface area contributed by atoms with E-state index in [9.17, 15) is 9.90 Å². The maximum absolute atomic E-state index is 12.0. The van der Waals surface area contributed by atoms with E-state index in [0.717, 1.165) is 14.6 Å². The molecule has 1 saturated heterocycles. The summed E-state index contributed by atoms with van der Waals surface area (Å²) >= 11 is 4.75. The topological polar surface area (TPSA) is 65.0 Å². The second-order valence-electron chi connectivity index (χ2n) is 5.33. The molecular formula is C15H15BrO5S. The number of carbonyl (C=O) groups is 1. The maximum atomic E-state index is 12.0. The van der Waals surface area contributed by atoms with Crippen LogP contribution in [-0.2, 0) is 9.47 Å². The third-order valence-corrected chi connectivity index (χ3v) is 5.26. The van der Waals surface area contributed by atoms with Gasteiger partial charge in [-0.1, -0.05) is 15.9 Å². The summed E-state index contributed by atoms with van der Waals surface area (Å²) in [5, 5.41) is 10.3. The van der Waals surface area contributed by atoms with Crippen LogP contribution in [0.1, 0.15) is 9.67 Å². The first-order valence-corrected chi connectivity index (χ1v) is 8.31. The van der Waals surface area contributed by atoms with Gasteiger partial charge in [0.2, 0.25) is 0 Å². The molecule has 2 aromatic rings. The molecule has 3 rings (SSSR count). The van der Waals surface area contributed by atoms with E-state index < -0.39 is 5.97 Å². The lowest BCUT2D eigenvalue weighted by Gasteiger charge is -2.39. The first-order valence-electron chi connectivity index (χ1n) is 6.70. The third kappa shape index (κ3) is 2.74. The van der Waals surface area contributed by atoms with E-state index in [-0.39, 0.29) is 12.0 Å². The second-order valence-corrected chi connectivity index (χ2v) is 7.30. The van der Waals surface area contributed by atoms with Gasteiger partial charge in [0, 0.05) is 14.6 Å². The normalized spacial score (nSPS) is 16.3. The summed E-state index contributed by atoms with van der Waals surface area (Å²) < 4.78 is 17.8. The van der Waals surface area contributed by atoms with Gasteiger partial charge in [-0.2, -0.15) is 0 Å². The zero-order valence-electron chi connectivity index (χ0n) is 11.9. The van der Waals surface area contributed by atoms with Gasteiger partial charge in [0.15, 0.2) is 10.6 Å². The van der Waals surface area contributed by atoms with Gasteiger partial charge in [0.1, 0.15) is 6.61 Å². The SMILES string of the molecule is COC(=O)c1sc2cc(Br)ccc2c1OCC1(CO)COC1. The molecule has 0 spiro atoms. The highest BCUT2D eigenvalue weighted by Gasteiger charge is 2.39. The lowest BCUT2D eigenvalue weighted by molar-refractivity contribution is -0.153. The molecule has 1 aliphatic rings. The van der Waals surface area contributed by atoms with Crippen LogP contribution < -0.4 is 4.74 Å². The van der Waals surface area contributed by atoms with E-state index in [2.05, 4.69) is 15.9 Å². The van der Waals surface area contributed by atoms with Crippen molar-refractivity contribution >= 4 is 43.3 Å². The largest absolute Gasteiger partial charge is 0.490 e. The summed E-state index contributed by atoms with van der Waals surface area (Å²) in [6.45, 7) is 1.22. The lowest BCUT2D eigenvalue weighted by atomic mass is 9.88. The summed E-state index contributed by atoms with van der Waals surface area (Å²) in [7, 11) is 1.35. The molecule has 0 amide bonds. The van der Waals surface area contributed by atoms with Gasteiger partial charge in [-0.25, -0.2) is 4.79 Å². The second kappa shape index (κ2) is 6.16. The Morgan fingerprint density at radius 1 is 1.50 bits per heavy atom. The van der Waals surface area contributed by atoms with Crippen molar-refractivity contribution in [2.45, 2.75) is 0 Å². The molecule has 0 aliphatic carbocycles. The van der Waals surface area contributed by atoms with Crippen LogP contribution in [0, 0.1) is 5.41 Å². The van der Waals surface area contributed by atoms with Crippen LogP contribution in [0.5, 0.6) is 5.75 Å². The lowest BCUT2D eigenvalue weighted by Crippen LogP contribution is -2.50. The molecule has 2 heterocycles. The predicted molar refractivity (Wildman–Crippen MR) is 86.7 cm³/mol. The van der Waals surface area contributed by atoms with Crippen LogP contribution in [-0.4, -0.2) is 44.6 Å². The number of benzene rings is 1. The van der Waals surface area contributed by atoms with Crippen LogP contribution in [0.3, 0.4) is 0 Å². The Morgan fingerprint density at radius 3 is 2.86 bits per heavy atom. The van der Waals surface area contributed by atoms with E-state index >= 15 is 0 Å². The number of aliphatic hydroxyl groups excluding tert-OH is 1. The molecule has 1 aliphatic heterocycles. The molecule has 5 nitrogen and oxygen atoms in total. The van der Waals surface area contributed by atoms with Crippen molar-refractivity contribution in [3.63, 3.8) is 0 Å². The average Bonchev–Trinajstić information content (AvgIpc) is 2.83. The quantitative estimate of drug-likeness (QED) is 0.800. The fourth-order valence-electron chi connectivity index (χ4n) is 2.25. The highest BCUT2D eigenvalue weighted by atomic mass is 79.9. The number of hydrogen-bond donors (Lipinski definition) is 1. The molecule has 1 fully saturated rings. The minimum Gasteiger partial charge on any atom is -0.490 e. The Kier molecular flexibility index (Phi) is 4.40. The Labute approximate surface area is 139 Å². The average molecular weight is 387 g/mol. The van der Waals surface area contributed by atoms with Crippen molar-refractivity contribution < 1.29 is 24.1 Å². The van der Waals surface area contributed by atoms with Gasteiger partial charge in [0.05, 0.1) is 32.3 Å². The number of halogens is 1.